The number of rotatable bonds is 10. The van der Waals surface area contributed by atoms with E-state index in [2.05, 4.69) is 49.1 Å². The molecule has 0 spiro atoms. The van der Waals surface area contributed by atoms with Gasteiger partial charge in [-0.25, -0.2) is 0 Å². The van der Waals surface area contributed by atoms with Gasteiger partial charge in [0.25, 0.3) is 0 Å². The van der Waals surface area contributed by atoms with E-state index in [9.17, 15) is 0 Å². The van der Waals surface area contributed by atoms with E-state index >= 15 is 0 Å². The summed E-state index contributed by atoms with van der Waals surface area (Å²) in [4.78, 5) is 2.53. The van der Waals surface area contributed by atoms with Crippen LogP contribution in [0.4, 0.5) is 5.69 Å². The largest absolute Gasteiger partial charge is 0.372 e. The molecule has 0 amide bonds. The average molecular weight is 246 g/mol. The van der Waals surface area contributed by atoms with Gasteiger partial charge in [-0.2, -0.15) is 0 Å². The first-order chi connectivity index (χ1) is 8.88. The zero-order valence-electron chi connectivity index (χ0n) is 11.9. The van der Waals surface area contributed by atoms with Crippen LogP contribution in [0, 0.1) is 6.92 Å². The van der Waals surface area contributed by atoms with Gasteiger partial charge in [-0.15, -0.1) is 0 Å². The number of hydrogen-bond acceptors (Lipinski definition) is 1. The lowest BCUT2D eigenvalue weighted by atomic mass is 10.1. The monoisotopic (exact) mass is 246 g/mol. The van der Waals surface area contributed by atoms with Crippen LogP contribution in [0.25, 0.3) is 0 Å². The van der Waals surface area contributed by atoms with Crippen LogP contribution in [-0.4, -0.2) is 13.1 Å². The number of nitrogens with zero attached hydrogens (tertiary/aromatic N) is 1. The van der Waals surface area contributed by atoms with Crippen LogP contribution in [0.15, 0.2) is 30.3 Å². The van der Waals surface area contributed by atoms with Crippen molar-refractivity contribution in [3.8, 4) is 0 Å². The van der Waals surface area contributed by atoms with Gasteiger partial charge >= 0.3 is 0 Å². The zero-order chi connectivity index (χ0) is 13.1. The molecule has 1 aromatic rings. The van der Waals surface area contributed by atoms with Gasteiger partial charge in [0, 0.05) is 18.8 Å². The topological polar surface area (TPSA) is 3.24 Å². The van der Waals surface area contributed by atoms with Crippen molar-refractivity contribution in [3.63, 3.8) is 0 Å². The first-order valence-corrected chi connectivity index (χ1v) is 7.47. The maximum absolute atomic E-state index is 3.92. The molecule has 0 N–H and O–H groups in total. The molecule has 0 unspecified atom stereocenters. The molecule has 1 aromatic carbocycles. The van der Waals surface area contributed by atoms with E-state index in [-0.39, 0.29) is 0 Å². The van der Waals surface area contributed by atoms with Gasteiger partial charge in [-0.05, 0) is 25.0 Å². The van der Waals surface area contributed by atoms with Gasteiger partial charge < -0.3 is 4.90 Å². The minimum atomic E-state index is 1.05. The summed E-state index contributed by atoms with van der Waals surface area (Å²) in [7, 11) is 0. The molecule has 0 saturated carbocycles. The fourth-order valence-corrected chi connectivity index (χ4v) is 2.22. The summed E-state index contributed by atoms with van der Waals surface area (Å²) in [5, 5.41) is 0. The smallest absolute Gasteiger partial charge is 0.0366 e. The summed E-state index contributed by atoms with van der Waals surface area (Å²) >= 11 is 0. The number of para-hydroxylation sites is 1. The summed E-state index contributed by atoms with van der Waals surface area (Å²) < 4.78 is 0. The Labute approximate surface area is 113 Å². The molecule has 0 heterocycles. The molecule has 0 aliphatic rings. The Morgan fingerprint density at radius 1 is 0.889 bits per heavy atom. The van der Waals surface area contributed by atoms with Crippen molar-refractivity contribution in [2.24, 2.45) is 0 Å². The minimum Gasteiger partial charge on any atom is -0.372 e. The fraction of sp³-hybridized carbons (Fsp3) is 0.588. The molecule has 0 bridgehead atoms. The summed E-state index contributed by atoms with van der Waals surface area (Å²) in [6.45, 7) is 8.56. The van der Waals surface area contributed by atoms with Crippen LogP contribution < -0.4 is 4.90 Å². The van der Waals surface area contributed by atoms with E-state index in [1.54, 1.807) is 0 Å². The van der Waals surface area contributed by atoms with Crippen LogP contribution >= 0.6 is 0 Å². The highest BCUT2D eigenvalue weighted by molar-refractivity contribution is 5.45. The van der Waals surface area contributed by atoms with E-state index < -0.39 is 0 Å². The van der Waals surface area contributed by atoms with Crippen molar-refractivity contribution in [3.05, 3.63) is 37.3 Å². The molecule has 0 aromatic heterocycles. The molecule has 1 nitrogen and oxygen atoms in total. The highest BCUT2D eigenvalue weighted by Crippen LogP contribution is 2.15. The molecular weight excluding hydrogens is 218 g/mol. The van der Waals surface area contributed by atoms with E-state index in [1.807, 2.05) is 0 Å². The third-order valence-corrected chi connectivity index (χ3v) is 3.33. The van der Waals surface area contributed by atoms with Crippen LogP contribution in [0.2, 0.25) is 0 Å². The summed E-state index contributed by atoms with van der Waals surface area (Å²) in [5.41, 5.74) is 1.37. The van der Waals surface area contributed by atoms with Crippen LogP contribution in [-0.2, 0) is 0 Å². The zero-order valence-corrected chi connectivity index (χ0v) is 11.9. The van der Waals surface area contributed by atoms with E-state index in [0.29, 0.717) is 0 Å². The Kier molecular flexibility index (Phi) is 8.37. The standard InChI is InChI=1S/C17H28N/c1-3-5-7-12-16-18(15-11-6-4-2)17-13-9-8-10-14-17/h8-10,13-14H,2-7,11-12,15-16H2,1H3. The van der Waals surface area contributed by atoms with Gasteiger partial charge in [0.05, 0.1) is 0 Å². The van der Waals surface area contributed by atoms with Crippen molar-refractivity contribution in [2.45, 2.75) is 51.9 Å². The maximum Gasteiger partial charge on any atom is 0.0366 e. The molecule has 0 saturated heterocycles. The Bertz CT molecular complexity index is 281. The Hall–Kier alpha value is -0.980. The lowest BCUT2D eigenvalue weighted by Crippen LogP contribution is -2.25. The molecule has 0 fully saturated rings. The van der Waals surface area contributed by atoms with Crippen LogP contribution in [0.3, 0.4) is 0 Å². The van der Waals surface area contributed by atoms with Crippen molar-refractivity contribution >= 4 is 5.69 Å². The van der Waals surface area contributed by atoms with Crippen molar-refractivity contribution in [1.29, 1.82) is 0 Å². The first kappa shape index (κ1) is 15.1. The Balaban J connectivity index is 2.42. The summed E-state index contributed by atoms with van der Waals surface area (Å²) in [6.07, 6.45) is 8.89. The molecule has 18 heavy (non-hydrogen) atoms. The highest BCUT2D eigenvalue weighted by Gasteiger charge is 2.04. The van der Waals surface area contributed by atoms with E-state index in [0.717, 1.165) is 6.42 Å². The summed E-state index contributed by atoms with van der Waals surface area (Å²) in [6, 6.07) is 10.8. The van der Waals surface area contributed by atoms with Crippen LogP contribution in [0.1, 0.15) is 51.9 Å². The van der Waals surface area contributed by atoms with Crippen LogP contribution in [0.5, 0.6) is 0 Å². The molecule has 0 aliphatic carbocycles. The number of unbranched alkanes of at least 4 members (excludes halogenated alkanes) is 5. The molecule has 1 rings (SSSR count). The molecular formula is C17H28N. The predicted molar refractivity (Wildman–Crippen MR) is 82.0 cm³/mol. The fourth-order valence-electron chi connectivity index (χ4n) is 2.22. The van der Waals surface area contributed by atoms with Crippen molar-refractivity contribution in [2.75, 3.05) is 18.0 Å². The molecule has 0 atom stereocenters. The van der Waals surface area contributed by atoms with Gasteiger partial charge in [0.1, 0.15) is 0 Å². The average Bonchev–Trinajstić information content (AvgIpc) is 2.42. The molecule has 101 valence electrons. The van der Waals surface area contributed by atoms with Gasteiger partial charge in [0.15, 0.2) is 0 Å². The number of benzene rings is 1. The SMILES string of the molecule is [CH2]CCCCN(CCCCCC)c1ccccc1. The van der Waals surface area contributed by atoms with Crippen molar-refractivity contribution in [1.82, 2.24) is 0 Å². The van der Waals surface area contributed by atoms with Gasteiger partial charge in [0.2, 0.25) is 0 Å². The molecule has 0 aliphatic heterocycles. The Morgan fingerprint density at radius 2 is 1.56 bits per heavy atom. The Morgan fingerprint density at radius 3 is 2.17 bits per heavy atom. The lowest BCUT2D eigenvalue weighted by Gasteiger charge is -2.25. The third kappa shape index (κ3) is 6.09. The maximum atomic E-state index is 3.92. The molecule has 1 heteroatoms. The van der Waals surface area contributed by atoms with Crippen molar-refractivity contribution < 1.29 is 0 Å². The first-order valence-electron chi connectivity index (χ1n) is 7.47. The van der Waals surface area contributed by atoms with E-state index in [4.69, 9.17) is 0 Å². The number of anilines is 1. The normalized spacial score (nSPS) is 10.6. The quantitative estimate of drug-likeness (QED) is 0.520. The predicted octanol–water partition coefficient (Wildman–Crippen LogP) is 5.08. The second kappa shape index (κ2) is 9.99. The highest BCUT2D eigenvalue weighted by atomic mass is 15.1. The molecule has 1 radical (unpaired) electrons. The second-order valence-corrected chi connectivity index (χ2v) is 4.94. The third-order valence-electron chi connectivity index (χ3n) is 3.33. The lowest BCUT2D eigenvalue weighted by molar-refractivity contribution is 0.624. The van der Waals surface area contributed by atoms with Gasteiger partial charge in [-0.3, -0.25) is 0 Å². The van der Waals surface area contributed by atoms with Gasteiger partial charge in [-0.1, -0.05) is 64.2 Å². The minimum absolute atomic E-state index is 1.05. The second-order valence-electron chi connectivity index (χ2n) is 4.94. The van der Waals surface area contributed by atoms with E-state index in [1.165, 1.54) is 57.3 Å². The summed E-state index contributed by atoms with van der Waals surface area (Å²) in [5.74, 6) is 0. The number of hydrogen-bond donors (Lipinski definition) is 0.